The Morgan fingerprint density at radius 2 is 2.00 bits per heavy atom. The van der Waals surface area contributed by atoms with Crippen molar-refractivity contribution in [2.45, 2.75) is 19.9 Å². The molecular weight excluding hydrogens is 328 g/mol. The number of hydrogen-bond donors (Lipinski definition) is 2. The van der Waals surface area contributed by atoms with Crippen LogP contribution in [0.3, 0.4) is 0 Å². The fourth-order valence-corrected chi connectivity index (χ4v) is 2.70. The van der Waals surface area contributed by atoms with Crippen molar-refractivity contribution in [3.8, 4) is 22.5 Å². The van der Waals surface area contributed by atoms with Crippen molar-refractivity contribution in [2.24, 2.45) is 7.05 Å². The number of amides is 1. The van der Waals surface area contributed by atoms with Crippen molar-refractivity contribution in [3.05, 3.63) is 59.9 Å². The van der Waals surface area contributed by atoms with E-state index in [2.05, 4.69) is 15.4 Å². The number of carbonyl (C=O) groups is 1. The first-order valence-electron chi connectivity index (χ1n) is 8.46. The SMILES string of the molecule is Cc1ccc(-c2cc(C(=O)N[C@@H](C)CO)cc(-c3ccnn3C)c2)nc1. The van der Waals surface area contributed by atoms with Crippen molar-refractivity contribution in [1.29, 1.82) is 0 Å². The van der Waals surface area contributed by atoms with E-state index in [1.54, 1.807) is 24.0 Å². The molecule has 0 radical (unpaired) electrons. The van der Waals surface area contributed by atoms with E-state index >= 15 is 0 Å². The molecule has 1 atom stereocenters. The number of benzene rings is 1. The van der Waals surface area contributed by atoms with Gasteiger partial charge in [-0.25, -0.2) is 0 Å². The molecule has 0 fully saturated rings. The van der Waals surface area contributed by atoms with E-state index < -0.39 is 0 Å². The largest absolute Gasteiger partial charge is 0.394 e. The van der Waals surface area contributed by atoms with Gasteiger partial charge in [-0.3, -0.25) is 14.5 Å². The van der Waals surface area contributed by atoms with Crippen LogP contribution in [0.4, 0.5) is 0 Å². The standard InChI is InChI=1S/C20H22N4O2/c1-13-4-5-18(21-11-13)15-8-16(19-6-7-22-24(19)3)10-17(9-15)20(26)23-14(2)12-25/h4-11,14,25H,12H2,1-3H3,(H,23,26)/t14-/m0/s1. The second-order valence-corrected chi connectivity index (χ2v) is 6.42. The summed E-state index contributed by atoms with van der Waals surface area (Å²) >= 11 is 0. The van der Waals surface area contributed by atoms with Crippen LogP contribution in [0.2, 0.25) is 0 Å². The van der Waals surface area contributed by atoms with E-state index in [0.717, 1.165) is 28.1 Å². The van der Waals surface area contributed by atoms with Crippen LogP contribution in [0.25, 0.3) is 22.5 Å². The van der Waals surface area contributed by atoms with Crippen molar-refractivity contribution >= 4 is 5.91 Å². The summed E-state index contributed by atoms with van der Waals surface area (Å²) in [5, 5.41) is 16.2. The fourth-order valence-electron chi connectivity index (χ4n) is 2.70. The summed E-state index contributed by atoms with van der Waals surface area (Å²) in [5.41, 5.74) is 5.02. The summed E-state index contributed by atoms with van der Waals surface area (Å²) in [5.74, 6) is -0.232. The number of nitrogens with zero attached hydrogens (tertiary/aromatic N) is 3. The summed E-state index contributed by atoms with van der Waals surface area (Å²) in [7, 11) is 1.86. The smallest absolute Gasteiger partial charge is 0.251 e. The van der Waals surface area contributed by atoms with Crippen molar-refractivity contribution in [2.75, 3.05) is 6.61 Å². The van der Waals surface area contributed by atoms with E-state index in [0.29, 0.717) is 5.56 Å². The highest BCUT2D eigenvalue weighted by molar-refractivity contribution is 5.97. The predicted octanol–water partition coefficient (Wildman–Crippen LogP) is 2.57. The highest BCUT2D eigenvalue weighted by atomic mass is 16.3. The van der Waals surface area contributed by atoms with E-state index in [9.17, 15) is 9.90 Å². The first-order valence-corrected chi connectivity index (χ1v) is 8.46. The quantitative estimate of drug-likeness (QED) is 0.741. The van der Waals surface area contributed by atoms with Gasteiger partial charge < -0.3 is 10.4 Å². The number of aromatic nitrogens is 3. The molecule has 26 heavy (non-hydrogen) atoms. The molecule has 2 aromatic heterocycles. The molecule has 0 aliphatic heterocycles. The molecule has 0 unspecified atom stereocenters. The van der Waals surface area contributed by atoms with Gasteiger partial charge in [0.1, 0.15) is 0 Å². The van der Waals surface area contributed by atoms with Gasteiger partial charge in [0.05, 0.1) is 18.0 Å². The Morgan fingerprint density at radius 3 is 2.62 bits per heavy atom. The molecule has 6 nitrogen and oxygen atoms in total. The van der Waals surface area contributed by atoms with E-state index in [-0.39, 0.29) is 18.6 Å². The van der Waals surface area contributed by atoms with Gasteiger partial charge in [-0.1, -0.05) is 6.07 Å². The normalized spacial score (nSPS) is 12.0. The third-order valence-corrected chi connectivity index (χ3v) is 4.17. The van der Waals surface area contributed by atoms with E-state index in [1.807, 2.05) is 50.4 Å². The molecule has 134 valence electrons. The molecule has 6 heteroatoms. The van der Waals surface area contributed by atoms with Crippen LogP contribution in [-0.4, -0.2) is 38.4 Å². The number of rotatable bonds is 5. The molecule has 0 bridgehead atoms. The van der Waals surface area contributed by atoms with Crippen LogP contribution in [0.5, 0.6) is 0 Å². The van der Waals surface area contributed by atoms with Crippen LogP contribution >= 0.6 is 0 Å². The number of hydrogen-bond acceptors (Lipinski definition) is 4. The Morgan fingerprint density at radius 1 is 1.23 bits per heavy atom. The van der Waals surface area contributed by atoms with Gasteiger partial charge >= 0.3 is 0 Å². The summed E-state index contributed by atoms with van der Waals surface area (Å²) < 4.78 is 1.76. The monoisotopic (exact) mass is 350 g/mol. The maximum Gasteiger partial charge on any atom is 0.251 e. The topological polar surface area (TPSA) is 80.0 Å². The minimum absolute atomic E-state index is 0.112. The molecule has 0 saturated carbocycles. The number of aliphatic hydroxyl groups excluding tert-OH is 1. The molecule has 3 aromatic rings. The molecular formula is C20H22N4O2. The first kappa shape index (κ1) is 17.8. The van der Waals surface area contributed by atoms with E-state index in [1.165, 1.54) is 0 Å². The molecule has 0 aliphatic carbocycles. The third-order valence-electron chi connectivity index (χ3n) is 4.17. The van der Waals surface area contributed by atoms with Gasteiger partial charge in [-0.05, 0) is 49.7 Å². The zero-order chi connectivity index (χ0) is 18.7. The van der Waals surface area contributed by atoms with Crippen LogP contribution in [0.15, 0.2) is 48.8 Å². The average Bonchev–Trinajstić information content (AvgIpc) is 3.07. The van der Waals surface area contributed by atoms with Crippen LogP contribution in [-0.2, 0) is 7.05 Å². The van der Waals surface area contributed by atoms with Gasteiger partial charge in [-0.2, -0.15) is 5.10 Å². The summed E-state index contributed by atoms with van der Waals surface area (Å²) in [4.78, 5) is 17.1. The lowest BCUT2D eigenvalue weighted by molar-refractivity contribution is 0.0922. The lowest BCUT2D eigenvalue weighted by Crippen LogP contribution is -2.35. The maximum atomic E-state index is 12.6. The lowest BCUT2D eigenvalue weighted by Gasteiger charge is -2.13. The molecule has 0 saturated heterocycles. The van der Waals surface area contributed by atoms with Gasteiger partial charge in [0.2, 0.25) is 0 Å². The lowest BCUT2D eigenvalue weighted by atomic mass is 10.00. The van der Waals surface area contributed by atoms with Gasteiger partial charge in [0.15, 0.2) is 0 Å². The number of nitrogens with one attached hydrogen (secondary N) is 1. The van der Waals surface area contributed by atoms with Gasteiger partial charge in [-0.15, -0.1) is 0 Å². The van der Waals surface area contributed by atoms with Gasteiger partial charge in [0, 0.05) is 42.2 Å². The summed E-state index contributed by atoms with van der Waals surface area (Å²) in [6, 6.07) is 11.2. The highest BCUT2D eigenvalue weighted by Gasteiger charge is 2.14. The Bertz CT molecular complexity index is 916. The Kier molecular flexibility index (Phi) is 5.14. The number of carbonyl (C=O) groups excluding carboxylic acids is 1. The van der Waals surface area contributed by atoms with Crippen LogP contribution < -0.4 is 5.32 Å². The molecule has 0 aliphatic rings. The minimum atomic E-state index is -0.316. The molecule has 2 N–H and O–H groups in total. The highest BCUT2D eigenvalue weighted by Crippen LogP contribution is 2.27. The molecule has 1 amide bonds. The van der Waals surface area contributed by atoms with Crippen LogP contribution in [0.1, 0.15) is 22.8 Å². The van der Waals surface area contributed by atoms with Crippen molar-refractivity contribution in [3.63, 3.8) is 0 Å². The summed E-state index contributed by atoms with van der Waals surface area (Å²) in [6.07, 6.45) is 3.53. The van der Waals surface area contributed by atoms with Crippen molar-refractivity contribution < 1.29 is 9.90 Å². The summed E-state index contributed by atoms with van der Waals surface area (Å²) in [6.45, 7) is 3.63. The average molecular weight is 350 g/mol. The van der Waals surface area contributed by atoms with Gasteiger partial charge in [0.25, 0.3) is 5.91 Å². The first-order chi connectivity index (χ1) is 12.5. The molecule has 0 spiro atoms. The second kappa shape index (κ2) is 7.49. The maximum absolute atomic E-state index is 12.6. The number of aryl methyl sites for hydroxylation is 2. The second-order valence-electron chi connectivity index (χ2n) is 6.42. The zero-order valence-corrected chi connectivity index (χ0v) is 15.1. The van der Waals surface area contributed by atoms with E-state index in [4.69, 9.17) is 0 Å². The minimum Gasteiger partial charge on any atom is -0.394 e. The number of pyridine rings is 1. The fraction of sp³-hybridized carbons (Fsp3) is 0.250. The zero-order valence-electron chi connectivity index (χ0n) is 15.1. The predicted molar refractivity (Wildman–Crippen MR) is 101 cm³/mol. The van der Waals surface area contributed by atoms with Crippen LogP contribution in [0, 0.1) is 6.92 Å². The molecule has 3 rings (SSSR count). The molecule has 2 heterocycles. The third kappa shape index (κ3) is 3.81. The Labute approximate surface area is 152 Å². The number of aliphatic hydroxyl groups is 1. The Hall–Kier alpha value is -2.99. The van der Waals surface area contributed by atoms with Crippen molar-refractivity contribution in [1.82, 2.24) is 20.1 Å². The molecule has 1 aromatic carbocycles. The Balaban J connectivity index is 2.09.